The molecule has 2 amide bonds. The summed E-state index contributed by atoms with van der Waals surface area (Å²) in [7, 11) is 0. The number of halogens is 2. The number of non-ortho nitro benzene ring substituents is 1. The van der Waals surface area contributed by atoms with Crippen molar-refractivity contribution in [1.82, 2.24) is 5.32 Å². The third kappa shape index (κ3) is 4.79. The molecule has 6 nitrogen and oxygen atoms in total. The molecular weight excluding hydrogens is 325 g/mol. The number of nitro benzene ring substituents is 1. The van der Waals surface area contributed by atoms with Gasteiger partial charge in [-0.15, -0.1) is 0 Å². The van der Waals surface area contributed by atoms with Gasteiger partial charge in [0.25, 0.3) is 5.69 Å². The van der Waals surface area contributed by atoms with Crippen molar-refractivity contribution in [2.24, 2.45) is 0 Å². The minimum absolute atomic E-state index is 0.109. The number of amides is 2. The first-order valence-electron chi connectivity index (χ1n) is 6.39. The lowest BCUT2D eigenvalue weighted by molar-refractivity contribution is -0.384. The maximum absolute atomic E-state index is 13.0. The fraction of sp³-hybridized carbons (Fsp3) is 0. The second-order valence-electron chi connectivity index (χ2n) is 4.41. The number of benzene rings is 2. The fourth-order valence-electron chi connectivity index (χ4n) is 1.70. The van der Waals surface area contributed by atoms with Crippen LogP contribution in [0.4, 0.5) is 20.6 Å². The molecule has 0 aliphatic carbocycles. The normalized spacial score (nSPS) is 10.5. The standard InChI is InChI=1S/C15H11ClFN3O3/c16-13-5-4-12(20(22)23)9-14(13)19-15(21)18-7-6-10-2-1-3-11(17)8-10/h1-9H,(H2,18,19,21)/b7-6+. The van der Waals surface area contributed by atoms with Crippen LogP contribution >= 0.6 is 11.6 Å². The molecule has 0 atom stereocenters. The van der Waals surface area contributed by atoms with Gasteiger partial charge in [0.1, 0.15) is 5.82 Å². The summed E-state index contributed by atoms with van der Waals surface area (Å²) < 4.78 is 13.0. The van der Waals surface area contributed by atoms with Gasteiger partial charge in [0, 0.05) is 18.3 Å². The second-order valence-corrected chi connectivity index (χ2v) is 4.82. The van der Waals surface area contributed by atoms with Crippen LogP contribution < -0.4 is 10.6 Å². The van der Waals surface area contributed by atoms with E-state index in [0.29, 0.717) is 5.56 Å². The van der Waals surface area contributed by atoms with Crippen LogP contribution in [0.2, 0.25) is 5.02 Å². The highest BCUT2D eigenvalue weighted by Gasteiger charge is 2.11. The second kappa shape index (κ2) is 7.37. The van der Waals surface area contributed by atoms with Gasteiger partial charge in [-0.05, 0) is 29.8 Å². The number of carbonyl (C=O) groups excluding carboxylic acids is 1. The van der Waals surface area contributed by atoms with E-state index in [1.807, 2.05) is 0 Å². The predicted molar refractivity (Wildman–Crippen MR) is 85.7 cm³/mol. The van der Waals surface area contributed by atoms with Crippen LogP contribution in [0.5, 0.6) is 0 Å². The third-order valence-corrected chi connectivity index (χ3v) is 3.08. The van der Waals surface area contributed by atoms with Crippen molar-refractivity contribution in [3.63, 3.8) is 0 Å². The van der Waals surface area contributed by atoms with Gasteiger partial charge in [-0.1, -0.05) is 23.7 Å². The summed E-state index contributed by atoms with van der Waals surface area (Å²) in [6, 6.07) is 8.87. The smallest absolute Gasteiger partial charge is 0.314 e. The highest BCUT2D eigenvalue weighted by molar-refractivity contribution is 6.33. The van der Waals surface area contributed by atoms with Gasteiger partial charge in [0.2, 0.25) is 0 Å². The third-order valence-electron chi connectivity index (χ3n) is 2.75. The van der Waals surface area contributed by atoms with E-state index in [9.17, 15) is 19.3 Å². The molecule has 0 unspecified atom stereocenters. The van der Waals surface area contributed by atoms with Gasteiger partial charge in [-0.3, -0.25) is 10.1 Å². The number of nitrogens with zero attached hydrogens (tertiary/aromatic N) is 1. The Hall–Kier alpha value is -2.93. The minimum Gasteiger partial charge on any atom is -0.314 e. The first-order chi connectivity index (χ1) is 11.0. The van der Waals surface area contributed by atoms with Gasteiger partial charge in [-0.25, -0.2) is 9.18 Å². The molecule has 0 radical (unpaired) electrons. The maximum Gasteiger partial charge on any atom is 0.323 e. The van der Waals surface area contributed by atoms with E-state index < -0.39 is 11.0 Å². The van der Waals surface area contributed by atoms with Crippen LogP contribution in [-0.4, -0.2) is 11.0 Å². The van der Waals surface area contributed by atoms with E-state index >= 15 is 0 Å². The van der Waals surface area contributed by atoms with Crippen molar-refractivity contribution in [1.29, 1.82) is 0 Å². The Labute approximate surface area is 135 Å². The highest BCUT2D eigenvalue weighted by Crippen LogP contribution is 2.26. The van der Waals surface area contributed by atoms with E-state index in [4.69, 9.17) is 11.6 Å². The molecule has 0 heterocycles. The lowest BCUT2D eigenvalue weighted by Gasteiger charge is -2.06. The van der Waals surface area contributed by atoms with Crippen molar-refractivity contribution < 1.29 is 14.1 Å². The zero-order valence-electron chi connectivity index (χ0n) is 11.6. The number of nitro groups is 1. The first-order valence-corrected chi connectivity index (χ1v) is 6.77. The Morgan fingerprint density at radius 1 is 1.26 bits per heavy atom. The minimum atomic E-state index is -0.639. The van der Waals surface area contributed by atoms with Crippen LogP contribution in [0.3, 0.4) is 0 Å². The van der Waals surface area contributed by atoms with Crippen molar-refractivity contribution in [2.45, 2.75) is 0 Å². The number of rotatable bonds is 4. The quantitative estimate of drug-likeness (QED) is 0.649. The maximum atomic E-state index is 13.0. The van der Waals surface area contributed by atoms with Gasteiger partial charge < -0.3 is 10.6 Å². The molecule has 0 saturated heterocycles. The molecule has 8 heteroatoms. The molecule has 0 spiro atoms. The van der Waals surface area contributed by atoms with Crippen molar-refractivity contribution in [3.8, 4) is 0 Å². The summed E-state index contributed by atoms with van der Waals surface area (Å²) in [6.45, 7) is 0. The molecule has 0 bridgehead atoms. The number of hydrogen-bond donors (Lipinski definition) is 2. The lowest BCUT2D eigenvalue weighted by atomic mass is 10.2. The Bertz CT molecular complexity index is 780. The highest BCUT2D eigenvalue weighted by atomic mass is 35.5. The largest absolute Gasteiger partial charge is 0.323 e. The molecule has 23 heavy (non-hydrogen) atoms. The van der Waals surface area contributed by atoms with Crippen LogP contribution in [0.1, 0.15) is 5.56 Å². The number of carbonyl (C=O) groups is 1. The average molecular weight is 336 g/mol. The molecule has 0 aromatic heterocycles. The average Bonchev–Trinajstić information content (AvgIpc) is 2.49. The first kappa shape index (κ1) is 16.4. The summed E-state index contributed by atoms with van der Waals surface area (Å²) in [5.41, 5.74) is 0.483. The predicted octanol–water partition coefficient (Wildman–Crippen LogP) is 4.18. The summed E-state index contributed by atoms with van der Waals surface area (Å²) in [6.07, 6.45) is 2.81. The van der Waals surface area contributed by atoms with Crippen molar-refractivity contribution in [3.05, 3.63) is 75.2 Å². The lowest BCUT2D eigenvalue weighted by Crippen LogP contribution is -2.23. The molecule has 2 rings (SSSR count). The molecule has 118 valence electrons. The van der Waals surface area contributed by atoms with Crippen molar-refractivity contribution in [2.75, 3.05) is 5.32 Å². The number of hydrogen-bond acceptors (Lipinski definition) is 3. The SMILES string of the molecule is O=C(N/C=C/c1cccc(F)c1)Nc1cc([N+](=O)[O-])ccc1Cl. The molecule has 0 aliphatic heterocycles. The van der Waals surface area contributed by atoms with E-state index in [1.54, 1.807) is 6.07 Å². The zero-order chi connectivity index (χ0) is 16.8. The van der Waals surface area contributed by atoms with Crippen LogP contribution in [0.25, 0.3) is 6.08 Å². The van der Waals surface area contributed by atoms with Gasteiger partial charge in [0.05, 0.1) is 15.6 Å². The summed E-state index contributed by atoms with van der Waals surface area (Å²) in [5.74, 6) is -0.389. The number of nitrogens with one attached hydrogen (secondary N) is 2. The van der Waals surface area contributed by atoms with Gasteiger partial charge in [-0.2, -0.15) is 0 Å². The van der Waals surface area contributed by atoms with Crippen LogP contribution in [-0.2, 0) is 0 Å². The molecule has 0 aliphatic rings. The molecule has 2 N–H and O–H groups in total. The molecule has 0 fully saturated rings. The Kier molecular flexibility index (Phi) is 5.27. The monoisotopic (exact) mass is 335 g/mol. The van der Waals surface area contributed by atoms with E-state index in [-0.39, 0.29) is 22.2 Å². The molecule has 2 aromatic rings. The molecule has 0 saturated carbocycles. The summed E-state index contributed by atoms with van der Waals surface area (Å²) in [4.78, 5) is 21.8. The van der Waals surface area contributed by atoms with Gasteiger partial charge in [0.15, 0.2) is 0 Å². The number of anilines is 1. The summed E-state index contributed by atoms with van der Waals surface area (Å²) >= 11 is 5.87. The van der Waals surface area contributed by atoms with Crippen LogP contribution in [0, 0.1) is 15.9 Å². The Balaban J connectivity index is 2.00. The Morgan fingerprint density at radius 2 is 2.04 bits per heavy atom. The fourth-order valence-corrected chi connectivity index (χ4v) is 1.87. The zero-order valence-corrected chi connectivity index (χ0v) is 12.4. The summed E-state index contributed by atoms with van der Waals surface area (Å²) in [5, 5.41) is 15.7. The topological polar surface area (TPSA) is 84.3 Å². The van der Waals surface area contributed by atoms with Crippen molar-refractivity contribution >= 4 is 35.1 Å². The van der Waals surface area contributed by atoms with Gasteiger partial charge >= 0.3 is 6.03 Å². The van der Waals surface area contributed by atoms with E-state index in [2.05, 4.69) is 10.6 Å². The van der Waals surface area contributed by atoms with E-state index in [0.717, 1.165) is 6.07 Å². The van der Waals surface area contributed by atoms with E-state index in [1.165, 1.54) is 42.6 Å². The van der Waals surface area contributed by atoms with Crippen LogP contribution in [0.15, 0.2) is 48.7 Å². The molecular formula is C15H11ClFN3O3. The Morgan fingerprint density at radius 3 is 2.74 bits per heavy atom. The molecule has 2 aromatic carbocycles. The number of urea groups is 1.